The third-order valence-electron chi connectivity index (χ3n) is 4.53. The minimum atomic E-state index is 0. The van der Waals surface area contributed by atoms with Crippen molar-refractivity contribution in [2.45, 2.75) is 53.0 Å². The molecule has 1 aromatic rings. The van der Waals surface area contributed by atoms with E-state index in [4.69, 9.17) is 0 Å². The number of amides is 1. The zero-order valence-corrected chi connectivity index (χ0v) is 15.5. The Balaban J connectivity index is 0.00000264. The third kappa shape index (κ3) is 4.87. The summed E-state index contributed by atoms with van der Waals surface area (Å²) < 4.78 is 2.16. The lowest BCUT2D eigenvalue weighted by molar-refractivity contribution is -0.136. The Bertz CT molecular complexity index is 463. The number of imidazole rings is 1. The summed E-state index contributed by atoms with van der Waals surface area (Å²) in [6.45, 7) is 10.8. The van der Waals surface area contributed by atoms with Crippen LogP contribution in [0.3, 0.4) is 0 Å². The van der Waals surface area contributed by atoms with Crippen LogP contribution >= 0.6 is 12.4 Å². The number of aryl methyl sites for hydroxylation is 1. The molecule has 2 heterocycles. The molecule has 0 radical (unpaired) electrons. The molecule has 0 atom stereocenters. The molecule has 5 nitrogen and oxygen atoms in total. The number of carbonyl (C=O) groups is 1. The fourth-order valence-corrected chi connectivity index (χ4v) is 3.30. The van der Waals surface area contributed by atoms with E-state index >= 15 is 0 Å². The first-order chi connectivity index (χ1) is 10.7. The second-order valence-corrected chi connectivity index (χ2v) is 6.10. The maximum atomic E-state index is 12.7. The highest BCUT2D eigenvalue weighted by atomic mass is 35.5. The lowest BCUT2D eigenvalue weighted by Gasteiger charge is -2.37. The van der Waals surface area contributed by atoms with Gasteiger partial charge in [0.15, 0.2) is 0 Å². The fraction of sp³-hybridized carbons (Fsp3) is 0.765. The van der Waals surface area contributed by atoms with E-state index in [0.29, 0.717) is 5.91 Å². The monoisotopic (exact) mass is 342 g/mol. The number of hydrogen-bond acceptors (Lipinski definition) is 3. The number of nitrogens with zero attached hydrogens (tertiary/aromatic N) is 4. The molecule has 132 valence electrons. The zero-order valence-electron chi connectivity index (χ0n) is 14.7. The first-order valence-electron chi connectivity index (χ1n) is 8.76. The van der Waals surface area contributed by atoms with Crippen molar-refractivity contribution in [3.8, 4) is 0 Å². The van der Waals surface area contributed by atoms with Gasteiger partial charge in [-0.25, -0.2) is 4.98 Å². The van der Waals surface area contributed by atoms with E-state index < -0.39 is 0 Å². The van der Waals surface area contributed by atoms with Crippen LogP contribution in [-0.4, -0.2) is 46.5 Å². The van der Waals surface area contributed by atoms with Gasteiger partial charge in [-0.05, 0) is 19.8 Å². The van der Waals surface area contributed by atoms with Crippen LogP contribution in [0.2, 0.25) is 0 Å². The second-order valence-electron chi connectivity index (χ2n) is 6.10. The lowest BCUT2D eigenvalue weighted by atomic mass is 9.96. The summed E-state index contributed by atoms with van der Waals surface area (Å²) in [5.74, 6) is 1.62. The normalized spacial score (nSPS) is 15.0. The van der Waals surface area contributed by atoms with Crippen LogP contribution in [0.4, 0.5) is 5.95 Å². The maximum absolute atomic E-state index is 12.7. The molecule has 1 fully saturated rings. The predicted octanol–water partition coefficient (Wildman–Crippen LogP) is 3.19. The summed E-state index contributed by atoms with van der Waals surface area (Å²) in [6, 6.07) is 0. The Kier molecular flexibility index (Phi) is 8.45. The van der Waals surface area contributed by atoms with Crippen LogP contribution in [0.15, 0.2) is 12.4 Å². The second kappa shape index (κ2) is 9.81. The summed E-state index contributed by atoms with van der Waals surface area (Å²) in [6.07, 6.45) is 8.09. The van der Waals surface area contributed by atoms with Gasteiger partial charge in [0.25, 0.3) is 0 Å². The molecule has 0 bridgehead atoms. The minimum Gasteiger partial charge on any atom is -0.339 e. The SMILES string of the molecule is CCCC(CCC)C(=O)N1CCN(c2nccn2CC)CC1.Cl. The number of anilines is 1. The molecule has 1 aliphatic rings. The molecule has 2 rings (SSSR count). The van der Waals surface area contributed by atoms with Gasteiger partial charge in [-0.15, -0.1) is 12.4 Å². The van der Waals surface area contributed by atoms with E-state index in [-0.39, 0.29) is 18.3 Å². The maximum Gasteiger partial charge on any atom is 0.225 e. The molecule has 0 saturated carbocycles. The molecule has 6 heteroatoms. The third-order valence-corrected chi connectivity index (χ3v) is 4.53. The molecule has 1 aromatic heterocycles. The molecular formula is C17H31ClN4O. The van der Waals surface area contributed by atoms with Crippen molar-refractivity contribution in [2.24, 2.45) is 5.92 Å². The molecule has 1 amide bonds. The molecular weight excluding hydrogens is 312 g/mol. The molecule has 0 unspecified atom stereocenters. The lowest BCUT2D eigenvalue weighted by Crippen LogP contribution is -2.51. The highest BCUT2D eigenvalue weighted by molar-refractivity contribution is 5.85. The van der Waals surface area contributed by atoms with Crippen molar-refractivity contribution < 1.29 is 4.79 Å². The van der Waals surface area contributed by atoms with Crippen molar-refractivity contribution in [3.05, 3.63) is 12.4 Å². The number of halogens is 1. The van der Waals surface area contributed by atoms with Gasteiger partial charge < -0.3 is 14.4 Å². The van der Waals surface area contributed by atoms with E-state index in [9.17, 15) is 4.79 Å². The Morgan fingerprint density at radius 1 is 1.13 bits per heavy atom. The van der Waals surface area contributed by atoms with Gasteiger partial charge in [-0.1, -0.05) is 26.7 Å². The molecule has 0 aliphatic carbocycles. The molecule has 0 aromatic carbocycles. The van der Waals surface area contributed by atoms with Gasteiger partial charge in [0.05, 0.1) is 0 Å². The molecule has 23 heavy (non-hydrogen) atoms. The smallest absolute Gasteiger partial charge is 0.225 e. The van der Waals surface area contributed by atoms with E-state index in [1.165, 1.54) is 0 Å². The van der Waals surface area contributed by atoms with Gasteiger partial charge in [0, 0.05) is 51.0 Å². The van der Waals surface area contributed by atoms with Crippen molar-refractivity contribution in [1.29, 1.82) is 0 Å². The number of aromatic nitrogens is 2. The number of hydrogen-bond donors (Lipinski definition) is 0. The van der Waals surface area contributed by atoms with Crippen LogP contribution in [0, 0.1) is 5.92 Å². The van der Waals surface area contributed by atoms with Crippen molar-refractivity contribution >= 4 is 24.3 Å². The molecule has 0 spiro atoms. The van der Waals surface area contributed by atoms with Gasteiger partial charge in [-0.3, -0.25) is 4.79 Å². The van der Waals surface area contributed by atoms with Crippen LogP contribution in [0.25, 0.3) is 0 Å². The van der Waals surface area contributed by atoms with E-state index in [1.807, 2.05) is 12.4 Å². The van der Waals surface area contributed by atoms with E-state index in [1.54, 1.807) is 0 Å². The summed E-state index contributed by atoms with van der Waals surface area (Å²) >= 11 is 0. The average molecular weight is 343 g/mol. The van der Waals surface area contributed by atoms with Crippen molar-refractivity contribution in [2.75, 3.05) is 31.1 Å². The number of carbonyl (C=O) groups excluding carboxylic acids is 1. The molecule has 1 saturated heterocycles. The highest BCUT2D eigenvalue weighted by Gasteiger charge is 2.27. The number of rotatable bonds is 7. The van der Waals surface area contributed by atoms with Crippen molar-refractivity contribution in [3.63, 3.8) is 0 Å². The first kappa shape index (κ1) is 19.8. The standard InChI is InChI=1S/C17H30N4O.ClH/c1-4-7-15(8-5-2)16(22)20-11-13-21(14-12-20)17-18-9-10-19(17)6-3;/h9-10,15H,4-8,11-14H2,1-3H3;1H. The van der Waals surface area contributed by atoms with Crippen LogP contribution < -0.4 is 4.90 Å². The Hall–Kier alpha value is -1.23. The Labute approximate surface area is 146 Å². The molecule has 1 aliphatic heterocycles. The van der Waals surface area contributed by atoms with E-state index in [2.05, 4.69) is 40.1 Å². The first-order valence-corrected chi connectivity index (χ1v) is 8.76. The summed E-state index contributed by atoms with van der Waals surface area (Å²) in [7, 11) is 0. The summed E-state index contributed by atoms with van der Waals surface area (Å²) in [5, 5.41) is 0. The van der Waals surface area contributed by atoms with Crippen molar-refractivity contribution in [1.82, 2.24) is 14.5 Å². The van der Waals surface area contributed by atoms with Gasteiger partial charge in [0.2, 0.25) is 11.9 Å². The van der Waals surface area contributed by atoms with Crippen LogP contribution in [0.1, 0.15) is 46.5 Å². The Morgan fingerprint density at radius 2 is 1.74 bits per heavy atom. The number of piperazine rings is 1. The van der Waals surface area contributed by atoms with Gasteiger partial charge >= 0.3 is 0 Å². The topological polar surface area (TPSA) is 41.4 Å². The minimum absolute atomic E-state index is 0. The largest absolute Gasteiger partial charge is 0.339 e. The summed E-state index contributed by atoms with van der Waals surface area (Å²) in [5.41, 5.74) is 0. The molecule has 0 N–H and O–H groups in total. The van der Waals surface area contributed by atoms with Gasteiger partial charge in [-0.2, -0.15) is 0 Å². The summed E-state index contributed by atoms with van der Waals surface area (Å²) in [4.78, 5) is 21.5. The highest BCUT2D eigenvalue weighted by Crippen LogP contribution is 2.20. The van der Waals surface area contributed by atoms with Crippen LogP contribution in [0.5, 0.6) is 0 Å². The predicted molar refractivity (Wildman–Crippen MR) is 97.2 cm³/mol. The average Bonchev–Trinajstić information content (AvgIpc) is 3.03. The van der Waals surface area contributed by atoms with E-state index in [0.717, 1.165) is 64.4 Å². The zero-order chi connectivity index (χ0) is 15.9. The van der Waals surface area contributed by atoms with Crippen LogP contribution in [-0.2, 0) is 11.3 Å². The quantitative estimate of drug-likeness (QED) is 0.764. The Morgan fingerprint density at radius 3 is 2.26 bits per heavy atom. The van der Waals surface area contributed by atoms with Gasteiger partial charge in [0.1, 0.15) is 0 Å². The fourth-order valence-electron chi connectivity index (χ4n) is 3.30.